The zero-order valence-corrected chi connectivity index (χ0v) is 25.2. The zero-order chi connectivity index (χ0) is 30.1. The average Bonchev–Trinajstić information content (AvgIpc) is 3.67. The molecule has 228 valence electrons. The molecule has 1 N–H and O–H groups in total. The highest BCUT2D eigenvalue weighted by atomic mass is 35.5. The molecule has 2 aliphatic carbocycles. The molecule has 0 bridgehead atoms. The van der Waals surface area contributed by atoms with Crippen molar-refractivity contribution in [2.24, 2.45) is 11.3 Å². The Kier molecular flexibility index (Phi) is 8.83. The molecule has 0 radical (unpaired) electrons. The van der Waals surface area contributed by atoms with Crippen molar-refractivity contribution in [2.45, 2.75) is 56.1 Å². The minimum Gasteiger partial charge on any atom is -0.489 e. The van der Waals surface area contributed by atoms with Crippen molar-refractivity contribution < 1.29 is 31.5 Å². The third-order valence-corrected chi connectivity index (χ3v) is 10.1. The molecule has 1 saturated heterocycles. The van der Waals surface area contributed by atoms with E-state index in [4.69, 9.17) is 16.3 Å². The van der Waals surface area contributed by atoms with Crippen LogP contribution >= 0.6 is 11.6 Å². The lowest BCUT2D eigenvalue weighted by Gasteiger charge is -2.35. The first kappa shape index (κ1) is 30.7. The highest BCUT2D eigenvalue weighted by Crippen LogP contribution is 2.63. The molecular formula is C30H36ClF2N3O5S. The van der Waals surface area contributed by atoms with Gasteiger partial charge in [-0.1, -0.05) is 23.7 Å². The largest absolute Gasteiger partial charge is 0.489 e. The molecule has 3 fully saturated rings. The molecule has 2 aromatic carbocycles. The van der Waals surface area contributed by atoms with Crippen molar-refractivity contribution in [1.29, 1.82) is 0 Å². The number of ether oxygens (including phenoxy) is 1. The summed E-state index contributed by atoms with van der Waals surface area (Å²) >= 11 is 6.27. The monoisotopic (exact) mass is 623 g/mol. The van der Waals surface area contributed by atoms with E-state index in [1.807, 2.05) is 12.1 Å². The summed E-state index contributed by atoms with van der Waals surface area (Å²) in [7, 11) is -3.27. The fraction of sp³-hybridized carbons (Fsp3) is 0.533. The van der Waals surface area contributed by atoms with Crippen molar-refractivity contribution in [2.75, 3.05) is 39.0 Å². The van der Waals surface area contributed by atoms with Gasteiger partial charge >= 0.3 is 0 Å². The number of sulfone groups is 1. The van der Waals surface area contributed by atoms with Crippen molar-refractivity contribution in [3.63, 3.8) is 0 Å². The van der Waals surface area contributed by atoms with Gasteiger partial charge in [0, 0.05) is 68.3 Å². The number of carbonyl (C=O) groups is 2. The standard InChI is InChI=1S/C30H36ClF2N3O5S/c1-42(39,40)24-5-2-21(3-6-24)20-41-26-7-4-23(31)16-22(26)19-35-12-14-36(15-13-35)27(37)18-34-28(38)25-17-29(25)8-10-30(32,33)11-9-29/h2-7,16,25H,8-15,17-20H2,1H3,(H,34,38). The average molecular weight is 624 g/mol. The first-order chi connectivity index (χ1) is 19.8. The summed E-state index contributed by atoms with van der Waals surface area (Å²) in [5, 5.41) is 3.33. The summed E-state index contributed by atoms with van der Waals surface area (Å²) < 4.78 is 56.5. The number of nitrogens with zero attached hydrogens (tertiary/aromatic N) is 2. The van der Waals surface area contributed by atoms with E-state index >= 15 is 0 Å². The van der Waals surface area contributed by atoms with E-state index in [2.05, 4.69) is 10.2 Å². The maximum absolute atomic E-state index is 13.5. The van der Waals surface area contributed by atoms with Crippen LogP contribution in [0.1, 0.15) is 43.2 Å². The van der Waals surface area contributed by atoms with Crippen molar-refractivity contribution in [3.8, 4) is 5.75 Å². The topological polar surface area (TPSA) is 96.0 Å². The minimum atomic E-state index is -3.27. The highest BCUT2D eigenvalue weighted by molar-refractivity contribution is 7.90. The molecule has 1 atom stereocenters. The summed E-state index contributed by atoms with van der Waals surface area (Å²) in [5.74, 6) is -2.56. The Morgan fingerprint density at radius 2 is 1.69 bits per heavy atom. The third-order valence-electron chi connectivity index (χ3n) is 8.78. The van der Waals surface area contributed by atoms with Gasteiger partial charge in [0.25, 0.3) is 0 Å². The van der Waals surface area contributed by atoms with Gasteiger partial charge < -0.3 is 15.0 Å². The fourth-order valence-electron chi connectivity index (χ4n) is 5.98. The lowest BCUT2D eigenvalue weighted by molar-refractivity contribution is -0.135. The smallest absolute Gasteiger partial charge is 0.248 e. The Morgan fingerprint density at radius 3 is 2.33 bits per heavy atom. The first-order valence-corrected chi connectivity index (χ1v) is 16.5. The number of nitrogens with one attached hydrogen (secondary N) is 1. The predicted molar refractivity (Wildman–Crippen MR) is 154 cm³/mol. The van der Waals surface area contributed by atoms with Gasteiger partial charge in [0.1, 0.15) is 12.4 Å². The molecule has 12 heteroatoms. The highest BCUT2D eigenvalue weighted by Gasteiger charge is 2.60. The van der Waals surface area contributed by atoms with Gasteiger partial charge in [-0.15, -0.1) is 0 Å². The number of carbonyl (C=O) groups excluding carboxylic acids is 2. The van der Waals surface area contributed by atoms with Crippen LogP contribution in [0.15, 0.2) is 47.4 Å². The van der Waals surface area contributed by atoms with Gasteiger partial charge in [0.2, 0.25) is 17.7 Å². The lowest BCUT2D eigenvalue weighted by atomic mass is 9.82. The Morgan fingerprint density at radius 1 is 1.02 bits per heavy atom. The number of benzene rings is 2. The molecule has 1 spiro atoms. The quantitative estimate of drug-likeness (QED) is 0.448. The van der Waals surface area contributed by atoms with E-state index in [1.165, 1.54) is 6.26 Å². The van der Waals surface area contributed by atoms with Gasteiger partial charge in [0.05, 0.1) is 11.4 Å². The molecule has 2 aromatic rings. The van der Waals surface area contributed by atoms with Gasteiger partial charge in [-0.05, 0) is 60.6 Å². The predicted octanol–water partition coefficient (Wildman–Crippen LogP) is 4.30. The molecule has 1 aliphatic heterocycles. The molecule has 0 aromatic heterocycles. The summed E-state index contributed by atoms with van der Waals surface area (Å²) in [5.41, 5.74) is 1.44. The summed E-state index contributed by atoms with van der Waals surface area (Å²) in [4.78, 5) is 29.6. The Hall–Kier alpha value is -2.76. The Bertz CT molecular complexity index is 1420. The van der Waals surface area contributed by atoms with Crippen LogP contribution in [0.25, 0.3) is 0 Å². The molecule has 2 saturated carbocycles. The number of alkyl halides is 2. The Labute approximate surface area is 250 Å². The van der Waals surface area contributed by atoms with Crippen LogP contribution in [0.5, 0.6) is 5.75 Å². The molecular weight excluding hydrogens is 588 g/mol. The van der Waals surface area contributed by atoms with Crippen molar-refractivity contribution >= 4 is 33.3 Å². The van der Waals surface area contributed by atoms with Crippen molar-refractivity contribution in [3.05, 3.63) is 58.6 Å². The van der Waals surface area contributed by atoms with Crippen LogP contribution < -0.4 is 10.1 Å². The molecule has 1 heterocycles. The van der Waals surface area contributed by atoms with E-state index < -0.39 is 15.8 Å². The van der Waals surface area contributed by atoms with E-state index in [1.54, 1.807) is 35.2 Å². The molecule has 3 aliphatic rings. The SMILES string of the molecule is CS(=O)(=O)c1ccc(COc2ccc(Cl)cc2CN2CCN(C(=O)CNC(=O)C3CC34CCC(F)(F)CC4)CC2)cc1. The molecule has 1 unspecified atom stereocenters. The van der Waals surface area contributed by atoms with Crippen LogP contribution in [0, 0.1) is 11.3 Å². The van der Waals surface area contributed by atoms with E-state index in [-0.39, 0.29) is 54.0 Å². The molecule has 42 heavy (non-hydrogen) atoms. The second kappa shape index (κ2) is 12.1. The number of hydrogen-bond donors (Lipinski definition) is 1. The van der Waals surface area contributed by atoms with Crippen LogP contribution in [0.4, 0.5) is 8.78 Å². The first-order valence-electron chi connectivity index (χ1n) is 14.2. The Balaban J connectivity index is 1.07. The number of rotatable bonds is 9. The molecule has 5 rings (SSSR count). The lowest BCUT2D eigenvalue weighted by Crippen LogP contribution is -2.51. The summed E-state index contributed by atoms with van der Waals surface area (Å²) in [6.07, 6.45) is 2.21. The van der Waals surface area contributed by atoms with Crippen LogP contribution in [-0.2, 0) is 32.6 Å². The zero-order valence-electron chi connectivity index (χ0n) is 23.6. The summed E-state index contributed by atoms with van der Waals surface area (Å²) in [6.45, 7) is 3.06. The van der Waals surface area contributed by atoms with E-state index in [0.717, 1.165) is 11.1 Å². The normalized spacial score (nSPS) is 21.6. The van der Waals surface area contributed by atoms with Crippen LogP contribution in [-0.4, -0.2) is 74.9 Å². The van der Waals surface area contributed by atoms with E-state index in [0.29, 0.717) is 62.8 Å². The van der Waals surface area contributed by atoms with Gasteiger partial charge in [-0.3, -0.25) is 14.5 Å². The number of hydrogen-bond acceptors (Lipinski definition) is 6. The van der Waals surface area contributed by atoms with Gasteiger partial charge in [-0.2, -0.15) is 0 Å². The number of amides is 2. The van der Waals surface area contributed by atoms with Gasteiger partial charge in [-0.25, -0.2) is 17.2 Å². The number of piperazine rings is 1. The minimum absolute atomic E-state index is 0.0843. The fourth-order valence-corrected chi connectivity index (χ4v) is 6.81. The van der Waals surface area contributed by atoms with Gasteiger partial charge in [0.15, 0.2) is 9.84 Å². The van der Waals surface area contributed by atoms with Crippen LogP contribution in [0.2, 0.25) is 5.02 Å². The summed E-state index contributed by atoms with van der Waals surface area (Å²) in [6, 6.07) is 12.0. The maximum Gasteiger partial charge on any atom is 0.248 e. The number of halogens is 3. The molecule has 8 nitrogen and oxygen atoms in total. The van der Waals surface area contributed by atoms with Crippen LogP contribution in [0.3, 0.4) is 0 Å². The van der Waals surface area contributed by atoms with Crippen molar-refractivity contribution in [1.82, 2.24) is 15.1 Å². The maximum atomic E-state index is 13.5. The molecule has 2 amide bonds. The second-order valence-corrected chi connectivity index (χ2v) is 14.3. The third kappa shape index (κ3) is 7.41. The van der Waals surface area contributed by atoms with E-state index in [9.17, 15) is 26.8 Å². The second-order valence-electron chi connectivity index (χ2n) is 11.8.